The van der Waals surface area contributed by atoms with Crippen molar-refractivity contribution in [3.05, 3.63) is 53.6 Å². The van der Waals surface area contributed by atoms with Crippen LogP contribution >= 0.6 is 11.6 Å². The summed E-state index contributed by atoms with van der Waals surface area (Å²) < 4.78 is 27.0. The molecular weight excluding hydrogens is 386 g/mol. The number of nitrogens with zero attached hydrogens (tertiary/aromatic N) is 1. The maximum absolute atomic E-state index is 12.8. The number of carbonyl (C=O) groups is 1. The first kappa shape index (κ1) is 19.7. The third kappa shape index (κ3) is 5.22. The van der Waals surface area contributed by atoms with Crippen LogP contribution in [0.2, 0.25) is 5.02 Å². The number of carbonyl (C=O) groups excluding carboxylic acids is 1. The number of halogens is 1. The Balaban J connectivity index is 1.61. The quantitative estimate of drug-likeness (QED) is 0.767. The van der Waals surface area contributed by atoms with Crippen molar-refractivity contribution in [1.82, 2.24) is 4.31 Å². The second-order valence-electron chi connectivity index (χ2n) is 6.40. The van der Waals surface area contributed by atoms with Crippen LogP contribution in [0.3, 0.4) is 0 Å². The van der Waals surface area contributed by atoms with E-state index in [-0.39, 0.29) is 17.3 Å². The third-order valence-corrected chi connectivity index (χ3v) is 6.51. The average molecular weight is 408 g/mol. The molecule has 0 saturated carbocycles. The molecule has 6 nitrogen and oxygen atoms in total. The van der Waals surface area contributed by atoms with Crippen molar-refractivity contribution in [2.75, 3.05) is 30.3 Å². The van der Waals surface area contributed by atoms with Gasteiger partial charge in [0, 0.05) is 29.5 Å². The first-order valence-electron chi connectivity index (χ1n) is 8.85. The number of benzene rings is 2. The van der Waals surface area contributed by atoms with Crippen LogP contribution in [0.25, 0.3) is 0 Å². The first-order chi connectivity index (χ1) is 12.9. The number of amides is 1. The van der Waals surface area contributed by atoms with E-state index in [1.54, 1.807) is 48.5 Å². The van der Waals surface area contributed by atoms with Crippen LogP contribution in [0.15, 0.2) is 53.4 Å². The summed E-state index contributed by atoms with van der Waals surface area (Å²) in [5.41, 5.74) is 1.23. The van der Waals surface area contributed by atoms with Crippen molar-refractivity contribution in [2.45, 2.75) is 24.2 Å². The average Bonchev–Trinajstić information content (AvgIpc) is 2.69. The van der Waals surface area contributed by atoms with E-state index in [4.69, 9.17) is 11.6 Å². The molecule has 0 spiro atoms. The highest BCUT2D eigenvalue weighted by Gasteiger charge is 2.25. The SMILES string of the molecule is O=C(CNc1cccc(S(=O)(=O)N2CCCCC2)c1)Nc1ccc(Cl)cc1. The van der Waals surface area contributed by atoms with Crippen molar-refractivity contribution >= 4 is 38.9 Å². The summed E-state index contributed by atoms with van der Waals surface area (Å²) in [6.45, 7) is 1.14. The summed E-state index contributed by atoms with van der Waals surface area (Å²) in [5.74, 6) is -0.235. The van der Waals surface area contributed by atoms with Crippen molar-refractivity contribution in [2.24, 2.45) is 0 Å². The molecule has 0 radical (unpaired) electrons. The first-order valence-corrected chi connectivity index (χ1v) is 10.7. The van der Waals surface area contributed by atoms with Gasteiger partial charge in [-0.15, -0.1) is 0 Å². The van der Waals surface area contributed by atoms with Crippen molar-refractivity contribution in [3.63, 3.8) is 0 Å². The minimum absolute atomic E-state index is 0.0237. The fourth-order valence-corrected chi connectivity index (χ4v) is 4.63. The molecule has 1 saturated heterocycles. The minimum atomic E-state index is -3.50. The molecule has 1 aliphatic heterocycles. The van der Waals surface area contributed by atoms with Crippen LogP contribution < -0.4 is 10.6 Å². The maximum atomic E-state index is 12.8. The predicted octanol–water partition coefficient (Wildman–Crippen LogP) is 3.57. The van der Waals surface area contributed by atoms with E-state index < -0.39 is 10.0 Å². The molecule has 1 aliphatic rings. The van der Waals surface area contributed by atoms with E-state index in [0.717, 1.165) is 19.3 Å². The van der Waals surface area contributed by atoms with Crippen LogP contribution in [0.5, 0.6) is 0 Å². The number of sulfonamides is 1. The Bertz CT molecular complexity index is 895. The smallest absolute Gasteiger partial charge is 0.243 e. The van der Waals surface area contributed by atoms with E-state index in [0.29, 0.717) is 29.5 Å². The lowest BCUT2D eigenvalue weighted by Crippen LogP contribution is -2.35. The topological polar surface area (TPSA) is 78.5 Å². The Morgan fingerprint density at radius 1 is 1.00 bits per heavy atom. The molecule has 2 aromatic carbocycles. The number of anilines is 2. The third-order valence-electron chi connectivity index (χ3n) is 4.37. The highest BCUT2D eigenvalue weighted by atomic mass is 35.5. The Morgan fingerprint density at radius 2 is 1.70 bits per heavy atom. The van der Waals surface area contributed by atoms with Gasteiger partial charge in [0.1, 0.15) is 0 Å². The van der Waals surface area contributed by atoms with E-state index in [9.17, 15) is 13.2 Å². The number of rotatable bonds is 6. The fourth-order valence-electron chi connectivity index (χ4n) is 2.94. The Kier molecular flexibility index (Phi) is 6.36. The van der Waals surface area contributed by atoms with Gasteiger partial charge in [0.2, 0.25) is 15.9 Å². The molecule has 144 valence electrons. The summed E-state index contributed by atoms with van der Waals surface area (Å²) in [4.78, 5) is 12.3. The summed E-state index contributed by atoms with van der Waals surface area (Å²) in [6, 6.07) is 13.4. The zero-order valence-electron chi connectivity index (χ0n) is 14.8. The molecule has 2 N–H and O–H groups in total. The lowest BCUT2D eigenvalue weighted by molar-refractivity contribution is -0.114. The van der Waals surface area contributed by atoms with Crippen molar-refractivity contribution in [3.8, 4) is 0 Å². The highest BCUT2D eigenvalue weighted by molar-refractivity contribution is 7.89. The zero-order valence-corrected chi connectivity index (χ0v) is 16.4. The van der Waals surface area contributed by atoms with Crippen molar-refractivity contribution in [1.29, 1.82) is 0 Å². The van der Waals surface area contributed by atoms with Gasteiger partial charge in [-0.1, -0.05) is 24.1 Å². The van der Waals surface area contributed by atoms with Gasteiger partial charge in [-0.2, -0.15) is 4.31 Å². The molecule has 0 aromatic heterocycles. The van der Waals surface area contributed by atoms with Crippen molar-refractivity contribution < 1.29 is 13.2 Å². The number of hydrogen-bond acceptors (Lipinski definition) is 4. The van der Waals surface area contributed by atoms with Crippen LogP contribution in [-0.4, -0.2) is 38.3 Å². The van der Waals surface area contributed by atoms with Gasteiger partial charge in [0.05, 0.1) is 11.4 Å². The largest absolute Gasteiger partial charge is 0.376 e. The van der Waals surface area contributed by atoms with E-state index in [2.05, 4.69) is 10.6 Å². The summed E-state index contributed by atoms with van der Waals surface area (Å²) in [6.07, 6.45) is 2.85. The second-order valence-corrected chi connectivity index (χ2v) is 8.78. The van der Waals surface area contributed by atoms with Gasteiger partial charge in [-0.3, -0.25) is 4.79 Å². The number of nitrogens with one attached hydrogen (secondary N) is 2. The monoisotopic (exact) mass is 407 g/mol. The fraction of sp³-hybridized carbons (Fsp3) is 0.316. The highest BCUT2D eigenvalue weighted by Crippen LogP contribution is 2.22. The molecule has 1 heterocycles. The molecule has 1 fully saturated rings. The molecule has 3 rings (SSSR count). The summed E-state index contributed by atoms with van der Waals surface area (Å²) in [5, 5.41) is 6.32. The molecular formula is C19H22ClN3O3S. The Hall–Kier alpha value is -2.09. The predicted molar refractivity (Wildman–Crippen MR) is 108 cm³/mol. The molecule has 2 aromatic rings. The minimum Gasteiger partial charge on any atom is -0.376 e. The molecule has 0 bridgehead atoms. The number of hydrogen-bond donors (Lipinski definition) is 2. The van der Waals surface area contributed by atoms with Gasteiger partial charge in [0.15, 0.2) is 0 Å². The normalized spacial score (nSPS) is 15.3. The summed E-state index contributed by atoms with van der Waals surface area (Å²) in [7, 11) is -3.50. The van der Waals surface area contributed by atoms with Gasteiger partial charge >= 0.3 is 0 Å². The van der Waals surface area contributed by atoms with Gasteiger partial charge in [-0.05, 0) is 55.3 Å². The zero-order chi connectivity index (χ0) is 19.3. The van der Waals surface area contributed by atoms with E-state index >= 15 is 0 Å². The standard InChI is InChI=1S/C19H22ClN3O3S/c20-15-7-9-16(10-8-15)22-19(24)14-21-17-5-4-6-18(13-17)27(25,26)23-11-2-1-3-12-23/h4-10,13,21H,1-3,11-12,14H2,(H,22,24). The van der Waals surface area contributed by atoms with Gasteiger partial charge in [-0.25, -0.2) is 8.42 Å². The maximum Gasteiger partial charge on any atom is 0.243 e. The van der Waals surface area contributed by atoms with E-state index in [1.165, 1.54) is 4.31 Å². The van der Waals surface area contributed by atoms with Crippen LogP contribution in [0, 0.1) is 0 Å². The molecule has 1 amide bonds. The molecule has 0 atom stereocenters. The lowest BCUT2D eigenvalue weighted by Gasteiger charge is -2.26. The molecule has 0 aliphatic carbocycles. The van der Waals surface area contributed by atoms with Gasteiger partial charge < -0.3 is 10.6 Å². The molecule has 8 heteroatoms. The summed E-state index contributed by atoms with van der Waals surface area (Å²) >= 11 is 5.82. The molecule has 0 unspecified atom stereocenters. The molecule has 27 heavy (non-hydrogen) atoms. The number of piperidine rings is 1. The van der Waals surface area contributed by atoms with E-state index in [1.807, 2.05) is 0 Å². The Labute approximate surface area is 164 Å². The van der Waals surface area contributed by atoms with Crippen LogP contribution in [0.4, 0.5) is 11.4 Å². The second kappa shape index (κ2) is 8.73. The Morgan fingerprint density at radius 3 is 2.41 bits per heavy atom. The van der Waals surface area contributed by atoms with Crippen LogP contribution in [-0.2, 0) is 14.8 Å². The van der Waals surface area contributed by atoms with Crippen LogP contribution in [0.1, 0.15) is 19.3 Å². The van der Waals surface area contributed by atoms with Gasteiger partial charge in [0.25, 0.3) is 0 Å². The lowest BCUT2D eigenvalue weighted by atomic mass is 10.2.